The molecule has 0 bridgehead atoms. The molecule has 0 fully saturated rings. The van der Waals surface area contributed by atoms with Crippen molar-refractivity contribution >= 4 is 36.7 Å². The van der Waals surface area contributed by atoms with Gasteiger partial charge in [0.1, 0.15) is 0 Å². The van der Waals surface area contributed by atoms with Crippen LogP contribution in [0.1, 0.15) is 6.42 Å². The van der Waals surface area contributed by atoms with E-state index in [-0.39, 0.29) is 6.67 Å². The van der Waals surface area contributed by atoms with Crippen LogP contribution in [0.3, 0.4) is 0 Å². The number of alkyl halides is 1. The molecular formula is C21H21BrFP. The SMILES string of the molecule is FCCCP(Br)(c1ccccc1)(c1ccccc1)c1ccccc1. The second-order valence-corrected chi connectivity index (χ2v) is 15.0. The van der Waals surface area contributed by atoms with Gasteiger partial charge in [-0.3, -0.25) is 0 Å². The van der Waals surface area contributed by atoms with E-state index in [4.69, 9.17) is 0 Å². The molecule has 0 amide bonds. The van der Waals surface area contributed by atoms with Crippen LogP contribution < -0.4 is 15.9 Å². The first-order valence-electron chi connectivity index (χ1n) is 8.16. The molecule has 0 aromatic heterocycles. The van der Waals surface area contributed by atoms with Gasteiger partial charge >= 0.3 is 151 Å². The monoisotopic (exact) mass is 402 g/mol. The molecule has 3 aromatic rings. The minimum absolute atomic E-state index is 0.310. The van der Waals surface area contributed by atoms with Crippen LogP contribution in [0.5, 0.6) is 0 Å². The molecule has 0 saturated heterocycles. The van der Waals surface area contributed by atoms with E-state index in [0.29, 0.717) is 6.42 Å². The molecule has 3 aromatic carbocycles. The molecule has 0 unspecified atom stereocenters. The summed E-state index contributed by atoms with van der Waals surface area (Å²) in [6, 6.07) is 31.5. The Morgan fingerprint density at radius 2 is 0.958 bits per heavy atom. The molecule has 0 atom stereocenters. The Morgan fingerprint density at radius 1 is 0.625 bits per heavy atom. The Kier molecular flexibility index (Phi) is 5.18. The van der Waals surface area contributed by atoms with Gasteiger partial charge in [-0.15, -0.1) is 0 Å². The van der Waals surface area contributed by atoms with Crippen molar-refractivity contribution < 1.29 is 4.39 Å². The minimum atomic E-state index is -2.88. The number of hydrogen-bond donors (Lipinski definition) is 0. The first kappa shape index (κ1) is 17.3. The summed E-state index contributed by atoms with van der Waals surface area (Å²) in [6.07, 6.45) is 1.29. The van der Waals surface area contributed by atoms with E-state index >= 15 is 0 Å². The fourth-order valence-electron chi connectivity index (χ4n) is 3.41. The van der Waals surface area contributed by atoms with Crippen molar-refractivity contribution in [3.05, 3.63) is 91.0 Å². The quantitative estimate of drug-likeness (QED) is 0.498. The van der Waals surface area contributed by atoms with Crippen LogP contribution in [0.25, 0.3) is 0 Å². The molecule has 0 N–H and O–H groups in total. The van der Waals surface area contributed by atoms with Crippen molar-refractivity contribution in [2.45, 2.75) is 6.42 Å². The zero-order valence-corrected chi connectivity index (χ0v) is 16.0. The summed E-state index contributed by atoms with van der Waals surface area (Å²) < 4.78 is 13.2. The third-order valence-corrected chi connectivity index (χ3v) is 14.6. The predicted octanol–water partition coefficient (Wildman–Crippen LogP) is 5.19. The van der Waals surface area contributed by atoms with E-state index in [2.05, 4.69) is 88.3 Å². The first-order chi connectivity index (χ1) is 11.7. The van der Waals surface area contributed by atoms with Crippen LogP contribution >= 0.6 is 20.8 Å². The second kappa shape index (κ2) is 7.17. The third kappa shape index (κ3) is 2.83. The Bertz CT molecular complexity index is 675. The number of benzene rings is 3. The fourth-order valence-corrected chi connectivity index (χ4v) is 11.1. The van der Waals surface area contributed by atoms with Crippen molar-refractivity contribution in [3.8, 4) is 0 Å². The van der Waals surface area contributed by atoms with Crippen LogP contribution in [0.15, 0.2) is 91.0 Å². The molecule has 0 saturated carbocycles. The molecule has 124 valence electrons. The molecule has 0 nitrogen and oxygen atoms in total. The zero-order valence-electron chi connectivity index (χ0n) is 13.5. The molecule has 0 aliphatic rings. The Balaban J connectivity index is 2.37. The standard InChI is InChI=1S/C21H21BrFP/c22-24(18-10-17-23,19-11-4-1-5-12-19,20-13-6-2-7-14-20)21-15-8-3-9-16-21/h1-9,11-16H,10,17-18H2. The predicted molar refractivity (Wildman–Crippen MR) is 110 cm³/mol. The fraction of sp³-hybridized carbons (Fsp3) is 0.143. The summed E-state index contributed by atoms with van der Waals surface area (Å²) in [5.41, 5.74) is 0. The van der Waals surface area contributed by atoms with E-state index in [9.17, 15) is 4.39 Å². The zero-order chi connectivity index (χ0) is 16.9. The Morgan fingerprint density at radius 3 is 1.25 bits per heavy atom. The molecular weight excluding hydrogens is 382 g/mol. The van der Waals surface area contributed by atoms with Crippen LogP contribution in [0.2, 0.25) is 0 Å². The van der Waals surface area contributed by atoms with Crippen molar-refractivity contribution in [1.29, 1.82) is 0 Å². The van der Waals surface area contributed by atoms with E-state index in [1.165, 1.54) is 15.9 Å². The van der Waals surface area contributed by atoms with E-state index in [1.807, 2.05) is 18.2 Å². The second-order valence-electron chi connectivity index (χ2n) is 5.96. The van der Waals surface area contributed by atoms with Crippen LogP contribution in [0, 0.1) is 0 Å². The molecule has 0 radical (unpaired) electrons. The van der Waals surface area contributed by atoms with Gasteiger partial charge in [0.05, 0.1) is 0 Å². The molecule has 0 aliphatic carbocycles. The van der Waals surface area contributed by atoms with Gasteiger partial charge < -0.3 is 0 Å². The summed E-state index contributed by atoms with van der Waals surface area (Å²) in [5.74, 6) is 0. The average molecular weight is 403 g/mol. The molecule has 0 aliphatic heterocycles. The normalized spacial score (nSPS) is 13.2. The number of halogens is 2. The summed E-state index contributed by atoms with van der Waals surface area (Å²) >= 11 is 4.28. The van der Waals surface area contributed by atoms with E-state index in [0.717, 1.165) is 6.16 Å². The summed E-state index contributed by atoms with van der Waals surface area (Å²) in [4.78, 5) is 0. The summed E-state index contributed by atoms with van der Waals surface area (Å²) in [7, 11) is 0. The third-order valence-electron chi connectivity index (χ3n) is 4.60. The maximum absolute atomic E-state index is 13.2. The van der Waals surface area contributed by atoms with Gasteiger partial charge in [0.15, 0.2) is 0 Å². The summed E-state index contributed by atoms with van der Waals surface area (Å²) in [6.45, 7) is -0.310. The number of hydrogen-bond acceptors (Lipinski definition) is 0. The van der Waals surface area contributed by atoms with Crippen LogP contribution in [-0.4, -0.2) is 12.8 Å². The Hall–Kier alpha value is -1.50. The van der Waals surface area contributed by atoms with Crippen LogP contribution in [0.4, 0.5) is 4.39 Å². The molecule has 0 heterocycles. The van der Waals surface area contributed by atoms with Crippen molar-refractivity contribution in [2.75, 3.05) is 12.8 Å². The van der Waals surface area contributed by atoms with Gasteiger partial charge in [0.2, 0.25) is 0 Å². The molecule has 24 heavy (non-hydrogen) atoms. The van der Waals surface area contributed by atoms with E-state index in [1.54, 1.807) is 0 Å². The van der Waals surface area contributed by atoms with Crippen molar-refractivity contribution in [2.24, 2.45) is 0 Å². The van der Waals surface area contributed by atoms with Crippen LogP contribution in [-0.2, 0) is 0 Å². The van der Waals surface area contributed by atoms with Gasteiger partial charge in [0, 0.05) is 0 Å². The van der Waals surface area contributed by atoms with Gasteiger partial charge in [-0.2, -0.15) is 0 Å². The number of rotatable bonds is 6. The first-order valence-corrected chi connectivity index (χ1v) is 12.6. The Labute approximate surface area is 151 Å². The van der Waals surface area contributed by atoms with Gasteiger partial charge in [0.25, 0.3) is 0 Å². The summed E-state index contributed by atoms with van der Waals surface area (Å²) in [5, 5.41) is 0.854. The molecule has 0 spiro atoms. The topological polar surface area (TPSA) is 0 Å². The van der Waals surface area contributed by atoms with Crippen molar-refractivity contribution in [3.63, 3.8) is 0 Å². The van der Waals surface area contributed by atoms with Gasteiger partial charge in [-0.25, -0.2) is 0 Å². The van der Waals surface area contributed by atoms with E-state index < -0.39 is 5.31 Å². The van der Waals surface area contributed by atoms with Gasteiger partial charge in [-0.1, -0.05) is 0 Å². The van der Waals surface area contributed by atoms with Gasteiger partial charge in [-0.05, 0) is 0 Å². The van der Waals surface area contributed by atoms with Crippen molar-refractivity contribution in [1.82, 2.24) is 0 Å². The maximum atomic E-state index is 13.2. The molecule has 3 rings (SSSR count). The average Bonchev–Trinajstić information content (AvgIpc) is 2.68. The molecule has 3 heteroatoms.